The predicted molar refractivity (Wildman–Crippen MR) is 84.3 cm³/mol. The van der Waals surface area contributed by atoms with E-state index >= 15 is 0 Å². The van der Waals surface area contributed by atoms with Crippen LogP contribution >= 0.6 is 0 Å². The Morgan fingerprint density at radius 2 is 2.18 bits per heavy atom. The molecule has 0 aliphatic carbocycles. The molecule has 1 aromatic carbocycles. The van der Waals surface area contributed by atoms with E-state index in [1.165, 1.54) is 0 Å². The maximum absolute atomic E-state index is 12.6. The van der Waals surface area contributed by atoms with Gasteiger partial charge >= 0.3 is 0 Å². The zero-order valence-corrected chi connectivity index (χ0v) is 12.6. The third-order valence-electron chi connectivity index (χ3n) is 4.27. The molecule has 5 heteroatoms. The number of carbonyl (C=O) groups is 2. The summed E-state index contributed by atoms with van der Waals surface area (Å²) in [4.78, 5) is 29.7. The number of amides is 2. The van der Waals surface area contributed by atoms with Crippen LogP contribution in [0.25, 0.3) is 10.9 Å². The first-order valence-corrected chi connectivity index (χ1v) is 7.47. The van der Waals surface area contributed by atoms with Gasteiger partial charge < -0.3 is 10.6 Å². The standard InChI is InChI=1S/C17H19N3O2/c1-11-4-6-19-15-3-2-13(9-14(11)15)17(22)20-7-5-12(10-20)8-16(18)21/h2-4,6,9,12H,5,7-8,10H2,1H3,(H2,18,21). The molecule has 1 unspecified atom stereocenters. The molecule has 2 N–H and O–H groups in total. The summed E-state index contributed by atoms with van der Waals surface area (Å²) in [6.45, 7) is 3.30. The Hall–Kier alpha value is -2.43. The average molecular weight is 297 g/mol. The summed E-state index contributed by atoms with van der Waals surface area (Å²) in [7, 11) is 0. The summed E-state index contributed by atoms with van der Waals surface area (Å²) in [5.41, 5.74) is 7.90. The van der Waals surface area contributed by atoms with Gasteiger partial charge in [-0.15, -0.1) is 0 Å². The summed E-state index contributed by atoms with van der Waals surface area (Å²) < 4.78 is 0. The summed E-state index contributed by atoms with van der Waals surface area (Å²) in [6, 6.07) is 7.54. The fraction of sp³-hybridized carbons (Fsp3) is 0.353. The maximum Gasteiger partial charge on any atom is 0.253 e. The lowest BCUT2D eigenvalue weighted by Crippen LogP contribution is -2.29. The number of fused-ring (bicyclic) bond motifs is 1. The molecule has 1 aromatic heterocycles. The highest BCUT2D eigenvalue weighted by Gasteiger charge is 2.28. The number of hydrogen-bond acceptors (Lipinski definition) is 3. The van der Waals surface area contributed by atoms with E-state index in [1.54, 1.807) is 11.1 Å². The smallest absolute Gasteiger partial charge is 0.253 e. The van der Waals surface area contributed by atoms with Crippen LogP contribution in [0, 0.1) is 12.8 Å². The molecule has 5 nitrogen and oxygen atoms in total. The normalized spacial score (nSPS) is 17.9. The number of rotatable bonds is 3. The topological polar surface area (TPSA) is 76.3 Å². The number of primary amides is 1. The number of carbonyl (C=O) groups excluding carboxylic acids is 2. The molecule has 0 saturated carbocycles. The second-order valence-electron chi connectivity index (χ2n) is 5.94. The largest absolute Gasteiger partial charge is 0.370 e. The van der Waals surface area contributed by atoms with Gasteiger partial charge in [0.1, 0.15) is 0 Å². The van der Waals surface area contributed by atoms with E-state index in [0.29, 0.717) is 25.1 Å². The fourth-order valence-electron chi connectivity index (χ4n) is 3.07. The summed E-state index contributed by atoms with van der Waals surface area (Å²) in [5, 5.41) is 1.00. The molecule has 1 aliphatic rings. The van der Waals surface area contributed by atoms with Crippen molar-refractivity contribution in [2.75, 3.05) is 13.1 Å². The number of aromatic nitrogens is 1. The number of aryl methyl sites for hydroxylation is 1. The van der Waals surface area contributed by atoms with Crippen LogP contribution in [0.1, 0.15) is 28.8 Å². The highest BCUT2D eigenvalue weighted by atomic mass is 16.2. The molecule has 1 fully saturated rings. The van der Waals surface area contributed by atoms with E-state index < -0.39 is 0 Å². The number of nitrogens with zero attached hydrogens (tertiary/aromatic N) is 2. The summed E-state index contributed by atoms with van der Waals surface area (Å²) in [5.74, 6) is -0.103. The van der Waals surface area contributed by atoms with Crippen molar-refractivity contribution in [3.05, 3.63) is 41.6 Å². The Morgan fingerprint density at radius 3 is 2.95 bits per heavy atom. The molecule has 1 saturated heterocycles. The third-order valence-corrected chi connectivity index (χ3v) is 4.27. The van der Waals surface area contributed by atoms with Crippen molar-refractivity contribution in [2.24, 2.45) is 11.7 Å². The Bertz CT molecular complexity index is 742. The molecule has 0 spiro atoms. The van der Waals surface area contributed by atoms with Crippen molar-refractivity contribution >= 4 is 22.7 Å². The number of benzene rings is 1. The van der Waals surface area contributed by atoms with Crippen molar-refractivity contribution in [1.29, 1.82) is 0 Å². The van der Waals surface area contributed by atoms with Gasteiger partial charge in [0.2, 0.25) is 5.91 Å². The van der Waals surface area contributed by atoms with E-state index in [0.717, 1.165) is 22.9 Å². The Morgan fingerprint density at radius 1 is 1.36 bits per heavy atom. The number of hydrogen-bond donors (Lipinski definition) is 1. The first-order chi connectivity index (χ1) is 10.5. The Kier molecular flexibility index (Phi) is 3.79. The molecule has 2 amide bonds. The van der Waals surface area contributed by atoms with E-state index in [-0.39, 0.29) is 17.7 Å². The second kappa shape index (κ2) is 5.75. The van der Waals surface area contributed by atoms with Crippen molar-refractivity contribution in [2.45, 2.75) is 19.8 Å². The zero-order valence-electron chi connectivity index (χ0n) is 12.6. The highest BCUT2D eigenvalue weighted by molar-refractivity contribution is 5.98. The average Bonchev–Trinajstić information content (AvgIpc) is 2.94. The van der Waals surface area contributed by atoms with Gasteiger partial charge in [0.15, 0.2) is 0 Å². The minimum absolute atomic E-state index is 0.0112. The van der Waals surface area contributed by atoms with E-state index in [9.17, 15) is 9.59 Å². The minimum Gasteiger partial charge on any atom is -0.370 e. The van der Waals surface area contributed by atoms with Gasteiger partial charge in [-0.25, -0.2) is 0 Å². The monoisotopic (exact) mass is 297 g/mol. The van der Waals surface area contributed by atoms with Gasteiger partial charge in [-0.3, -0.25) is 14.6 Å². The van der Waals surface area contributed by atoms with Gasteiger partial charge in [-0.2, -0.15) is 0 Å². The van der Waals surface area contributed by atoms with Crippen LogP contribution in [0.2, 0.25) is 0 Å². The van der Waals surface area contributed by atoms with Crippen LogP contribution in [-0.2, 0) is 4.79 Å². The minimum atomic E-state index is -0.299. The van der Waals surface area contributed by atoms with Crippen LogP contribution in [0.4, 0.5) is 0 Å². The lowest BCUT2D eigenvalue weighted by atomic mass is 10.0. The van der Waals surface area contributed by atoms with E-state index in [1.807, 2.05) is 31.2 Å². The first-order valence-electron chi connectivity index (χ1n) is 7.47. The number of pyridine rings is 1. The molecule has 22 heavy (non-hydrogen) atoms. The van der Waals surface area contributed by atoms with Crippen LogP contribution in [-0.4, -0.2) is 34.8 Å². The Labute approximate surface area is 129 Å². The zero-order chi connectivity index (χ0) is 15.7. The van der Waals surface area contributed by atoms with Crippen LogP contribution in [0.5, 0.6) is 0 Å². The summed E-state index contributed by atoms with van der Waals surface area (Å²) >= 11 is 0. The molecule has 0 radical (unpaired) electrons. The van der Waals surface area contributed by atoms with Gasteiger partial charge in [-0.1, -0.05) is 0 Å². The molecule has 0 bridgehead atoms. The molecule has 3 rings (SSSR count). The van der Waals surface area contributed by atoms with E-state index in [4.69, 9.17) is 5.73 Å². The van der Waals surface area contributed by atoms with E-state index in [2.05, 4.69) is 4.98 Å². The molecular formula is C17H19N3O2. The van der Waals surface area contributed by atoms with Gasteiger partial charge in [0, 0.05) is 36.7 Å². The molecular weight excluding hydrogens is 278 g/mol. The second-order valence-corrected chi connectivity index (χ2v) is 5.94. The highest BCUT2D eigenvalue weighted by Crippen LogP contribution is 2.23. The van der Waals surface area contributed by atoms with Crippen molar-refractivity contribution in [1.82, 2.24) is 9.88 Å². The number of nitrogens with two attached hydrogens (primary N) is 1. The molecule has 2 aromatic rings. The van der Waals surface area contributed by atoms with Crippen LogP contribution in [0.15, 0.2) is 30.5 Å². The molecule has 1 aliphatic heterocycles. The molecule has 114 valence electrons. The molecule has 2 heterocycles. The third kappa shape index (κ3) is 2.79. The lowest BCUT2D eigenvalue weighted by molar-refractivity contribution is -0.118. The van der Waals surface area contributed by atoms with Crippen molar-refractivity contribution in [3.63, 3.8) is 0 Å². The quantitative estimate of drug-likeness (QED) is 0.939. The predicted octanol–water partition coefficient (Wildman–Crippen LogP) is 1.88. The van der Waals surface area contributed by atoms with Gasteiger partial charge in [0.25, 0.3) is 5.91 Å². The lowest BCUT2D eigenvalue weighted by Gasteiger charge is -2.17. The summed E-state index contributed by atoms with van der Waals surface area (Å²) in [6.07, 6.45) is 2.96. The van der Waals surface area contributed by atoms with Crippen molar-refractivity contribution < 1.29 is 9.59 Å². The fourth-order valence-corrected chi connectivity index (χ4v) is 3.07. The van der Waals surface area contributed by atoms with Crippen LogP contribution in [0.3, 0.4) is 0 Å². The van der Waals surface area contributed by atoms with Crippen LogP contribution < -0.4 is 5.73 Å². The SMILES string of the molecule is Cc1ccnc2ccc(C(=O)N3CCC(CC(N)=O)C3)cc12. The number of likely N-dealkylation sites (tertiary alicyclic amines) is 1. The van der Waals surface area contributed by atoms with Crippen molar-refractivity contribution in [3.8, 4) is 0 Å². The van der Waals surface area contributed by atoms with Gasteiger partial charge in [-0.05, 0) is 49.1 Å². The first kappa shape index (κ1) is 14.5. The maximum atomic E-state index is 12.6. The Balaban J connectivity index is 1.81. The van der Waals surface area contributed by atoms with Gasteiger partial charge in [0.05, 0.1) is 5.52 Å². The molecule has 1 atom stereocenters.